The van der Waals surface area contributed by atoms with Crippen molar-refractivity contribution in [3.63, 3.8) is 0 Å². The number of rotatable bonds is 8. The molecule has 1 aliphatic rings. The van der Waals surface area contributed by atoms with Crippen LogP contribution in [0.1, 0.15) is 30.9 Å². The molecule has 1 saturated heterocycles. The maximum atomic E-state index is 13.6. The summed E-state index contributed by atoms with van der Waals surface area (Å²) in [4.78, 5) is 29.3. The van der Waals surface area contributed by atoms with Crippen LogP contribution < -0.4 is 4.72 Å². The third-order valence-corrected chi connectivity index (χ3v) is 8.00. The first-order valence-electron chi connectivity index (χ1n) is 12.4. The molecule has 1 N–H and O–H groups in total. The van der Waals surface area contributed by atoms with Crippen LogP contribution in [0.2, 0.25) is 0 Å². The lowest BCUT2D eigenvalue weighted by molar-refractivity contribution is -0.140. The topological polar surface area (TPSA) is 111 Å². The van der Waals surface area contributed by atoms with Gasteiger partial charge in [0.1, 0.15) is 6.04 Å². The number of hydrogen-bond acceptors (Lipinski definition) is 5. The molecule has 1 aliphatic heterocycles. The average Bonchev–Trinajstić information content (AvgIpc) is 2.92. The number of carbonyl (C=O) groups excluding carboxylic acids is 2. The van der Waals surface area contributed by atoms with Crippen molar-refractivity contribution in [1.29, 1.82) is 5.26 Å². The van der Waals surface area contributed by atoms with Gasteiger partial charge >= 0.3 is 0 Å². The summed E-state index contributed by atoms with van der Waals surface area (Å²) < 4.78 is 29.5. The normalized spacial score (nSPS) is 14.8. The molecule has 8 nitrogen and oxygen atoms in total. The zero-order chi connectivity index (χ0) is 26.4. The van der Waals surface area contributed by atoms with E-state index in [1.54, 1.807) is 46.2 Å². The van der Waals surface area contributed by atoms with Crippen molar-refractivity contribution < 1.29 is 18.0 Å². The van der Waals surface area contributed by atoms with Crippen LogP contribution in [0.3, 0.4) is 0 Å². The predicted octanol–water partition coefficient (Wildman–Crippen LogP) is 3.07. The standard InChI is InChI=1S/C28H30N4O4S/c1-2-6-27(33)31-13-15-32(16-14-31)28(34)26(18-21-7-5-8-22(17-21)20-29)30-37(35,36)25-12-11-23-9-3-4-10-24(23)19-25/h3-5,7-12,17,19,26,30H,2,6,13-16,18H2,1H3. The van der Waals surface area contributed by atoms with Gasteiger partial charge in [-0.1, -0.05) is 49.4 Å². The molecule has 1 unspecified atom stereocenters. The highest BCUT2D eigenvalue weighted by molar-refractivity contribution is 7.89. The third-order valence-electron chi connectivity index (χ3n) is 6.53. The van der Waals surface area contributed by atoms with Crippen LogP contribution in [-0.4, -0.2) is 62.3 Å². The highest BCUT2D eigenvalue weighted by Crippen LogP contribution is 2.20. The van der Waals surface area contributed by atoms with Gasteiger partial charge in [0.25, 0.3) is 0 Å². The highest BCUT2D eigenvalue weighted by atomic mass is 32.2. The first-order valence-corrected chi connectivity index (χ1v) is 13.9. The Bertz CT molecular complexity index is 1440. The van der Waals surface area contributed by atoms with Gasteiger partial charge in [0.2, 0.25) is 21.8 Å². The van der Waals surface area contributed by atoms with Gasteiger partial charge in [0.15, 0.2) is 0 Å². The predicted molar refractivity (Wildman–Crippen MR) is 141 cm³/mol. The molecule has 4 rings (SSSR count). The summed E-state index contributed by atoms with van der Waals surface area (Å²) in [5.41, 5.74) is 1.11. The maximum absolute atomic E-state index is 13.6. The quantitative estimate of drug-likeness (QED) is 0.493. The molecule has 0 saturated carbocycles. The van der Waals surface area contributed by atoms with E-state index >= 15 is 0 Å². The second-order valence-electron chi connectivity index (χ2n) is 9.16. The fourth-order valence-electron chi connectivity index (χ4n) is 4.54. The van der Waals surface area contributed by atoms with Crippen LogP contribution in [0.5, 0.6) is 0 Å². The van der Waals surface area contributed by atoms with E-state index in [-0.39, 0.29) is 23.1 Å². The number of carbonyl (C=O) groups is 2. The summed E-state index contributed by atoms with van der Waals surface area (Å²) >= 11 is 0. The molecule has 0 radical (unpaired) electrons. The summed E-state index contributed by atoms with van der Waals surface area (Å²) in [6.07, 6.45) is 1.33. The number of hydrogen-bond donors (Lipinski definition) is 1. The molecule has 0 spiro atoms. The van der Waals surface area contributed by atoms with E-state index in [1.807, 2.05) is 31.2 Å². The largest absolute Gasteiger partial charge is 0.339 e. The van der Waals surface area contributed by atoms with E-state index in [4.69, 9.17) is 0 Å². The molecule has 0 aromatic heterocycles. The van der Waals surface area contributed by atoms with Crippen LogP contribution >= 0.6 is 0 Å². The van der Waals surface area contributed by atoms with Crippen molar-refractivity contribution in [2.24, 2.45) is 0 Å². The molecule has 3 aromatic rings. The van der Waals surface area contributed by atoms with Gasteiger partial charge in [-0.3, -0.25) is 9.59 Å². The third kappa shape index (κ3) is 6.34. The van der Waals surface area contributed by atoms with Crippen LogP contribution in [0.4, 0.5) is 0 Å². The lowest BCUT2D eigenvalue weighted by atomic mass is 10.0. The Morgan fingerprint density at radius 2 is 1.65 bits per heavy atom. The van der Waals surface area contributed by atoms with Crippen molar-refractivity contribution in [1.82, 2.24) is 14.5 Å². The second-order valence-corrected chi connectivity index (χ2v) is 10.9. The van der Waals surface area contributed by atoms with E-state index in [9.17, 15) is 23.3 Å². The van der Waals surface area contributed by atoms with Gasteiger partial charge in [-0.2, -0.15) is 9.98 Å². The van der Waals surface area contributed by atoms with Crippen LogP contribution in [0.25, 0.3) is 10.8 Å². The molecule has 192 valence electrons. The number of amides is 2. The lowest BCUT2D eigenvalue weighted by Crippen LogP contribution is -2.56. The maximum Gasteiger partial charge on any atom is 0.241 e. The number of nitrogens with one attached hydrogen (secondary N) is 1. The lowest BCUT2D eigenvalue weighted by Gasteiger charge is -2.36. The Morgan fingerprint density at radius 1 is 0.946 bits per heavy atom. The number of fused-ring (bicyclic) bond motifs is 1. The number of nitriles is 1. The van der Waals surface area contributed by atoms with E-state index in [1.165, 1.54) is 6.07 Å². The molecule has 3 aromatic carbocycles. The number of piperazine rings is 1. The first-order chi connectivity index (χ1) is 17.8. The van der Waals surface area contributed by atoms with Crippen LogP contribution in [0.15, 0.2) is 71.6 Å². The molecule has 37 heavy (non-hydrogen) atoms. The zero-order valence-corrected chi connectivity index (χ0v) is 21.6. The van der Waals surface area contributed by atoms with Crippen LogP contribution in [0, 0.1) is 11.3 Å². The summed E-state index contributed by atoms with van der Waals surface area (Å²) in [5, 5.41) is 11.0. The summed E-state index contributed by atoms with van der Waals surface area (Å²) in [5.74, 6) is -0.286. The second kappa shape index (κ2) is 11.5. The smallest absolute Gasteiger partial charge is 0.241 e. The fourth-order valence-corrected chi connectivity index (χ4v) is 5.77. The number of benzene rings is 3. The molecule has 0 bridgehead atoms. The summed E-state index contributed by atoms with van der Waals surface area (Å²) in [6.45, 7) is 3.45. The number of sulfonamides is 1. The van der Waals surface area contributed by atoms with E-state index in [0.29, 0.717) is 43.7 Å². The minimum Gasteiger partial charge on any atom is -0.339 e. The van der Waals surface area contributed by atoms with Crippen LogP contribution in [-0.2, 0) is 26.0 Å². The Hall–Kier alpha value is -3.74. The summed E-state index contributed by atoms with van der Waals surface area (Å²) in [7, 11) is -4.03. The van der Waals surface area contributed by atoms with Gasteiger partial charge in [-0.25, -0.2) is 8.42 Å². The van der Waals surface area contributed by atoms with Gasteiger partial charge in [-0.05, 0) is 53.4 Å². The highest BCUT2D eigenvalue weighted by Gasteiger charge is 2.32. The Morgan fingerprint density at radius 3 is 2.35 bits per heavy atom. The molecule has 1 fully saturated rings. The van der Waals surface area contributed by atoms with Crippen molar-refractivity contribution >= 4 is 32.6 Å². The molecule has 0 aliphatic carbocycles. The van der Waals surface area contributed by atoms with Gasteiger partial charge in [0.05, 0.1) is 16.5 Å². The van der Waals surface area contributed by atoms with Gasteiger partial charge in [0, 0.05) is 32.6 Å². The molecule has 1 atom stereocenters. The van der Waals surface area contributed by atoms with Crippen molar-refractivity contribution in [3.05, 3.63) is 77.9 Å². The fraction of sp³-hybridized carbons (Fsp3) is 0.321. The Kier molecular flexibility index (Phi) is 8.21. The van der Waals surface area contributed by atoms with Gasteiger partial charge < -0.3 is 9.80 Å². The Labute approximate surface area is 217 Å². The number of nitrogens with zero attached hydrogens (tertiary/aromatic N) is 3. The van der Waals surface area contributed by atoms with Crippen molar-refractivity contribution in [2.45, 2.75) is 37.1 Å². The molecule has 9 heteroatoms. The molecule has 2 amide bonds. The van der Waals surface area contributed by atoms with Crippen molar-refractivity contribution in [3.8, 4) is 6.07 Å². The van der Waals surface area contributed by atoms with E-state index in [2.05, 4.69) is 10.8 Å². The van der Waals surface area contributed by atoms with Crippen molar-refractivity contribution in [2.75, 3.05) is 26.2 Å². The minimum atomic E-state index is -4.03. The Balaban J connectivity index is 1.58. The SMILES string of the molecule is CCCC(=O)N1CCN(C(=O)C(Cc2cccc(C#N)c2)NS(=O)(=O)c2ccc3ccccc3c2)CC1. The molecular weight excluding hydrogens is 488 g/mol. The minimum absolute atomic E-state index is 0.0662. The monoisotopic (exact) mass is 518 g/mol. The first kappa shape index (κ1) is 26.3. The van der Waals surface area contributed by atoms with E-state index < -0.39 is 16.1 Å². The van der Waals surface area contributed by atoms with Gasteiger partial charge in [-0.15, -0.1) is 0 Å². The molecule has 1 heterocycles. The van der Waals surface area contributed by atoms with E-state index in [0.717, 1.165) is 17.2 Å². The average molecular weight is 519 g/mol. The summed E-state index contributed by atoms with van der Waals surface area (Å²) in [6, 6.07) is 20.1. The molecular formula is C28H30N4O4S. The zero-order valence-electron chi connectivity index (χ0n) is 20.8.